The van der Waals surface area contributed by atoms with Gasteiger partial charge >= 0.3 is 0 Å². The first-order valence-electron chi connectivity index (χ1n) is 5.36. The van der Waals surface area contributed by atoms with Gasteiger partial charge in [0, 0.05) is 0 Å². The average Bonchev–Trinajstić information content (AvgIpc) is 2.38. The van der Waals surface area contributed by atoms with Crippen LogP contribution in [0.15, 0.2) is 18.2 Å². The van der Waals surface area contributed by atoms with E-state index in [9.17, 15) is 0 Å². The predicted octanol–water partition coefficient (Wildman–Crippen LogP) is 1.09. The maximum atomic E-state index is 8.54. The van der Waals surface area contributed by atoms with Gasteiger partial charge < -0.3 is 24.1 Å². The monoisotopic (exact) mass is 242 g/mol. The normalized spacial score (nSPS) is 10.1. The Hall–Kier alpha value is -1.46. The minimum atomic E-state index is 0.0119. The number of aliphatic hydroxyl groups excluding tert-OH is 1. The van der Waals surface area contributed by atoms with Crippen LogP contribution in [0.4, 0.5) is 0 Å². The molecule has 5 nitrogen and oxygen atoms in total. The van der Waals surface area contributed by atoms with E-state index in [4.69, 9.17) is 24.1 Å². The molecule has 0 radical (unpaired) electrons. The minimum Gasteiger partial charge on any atom is -0.493 e. The summed E-state index contributed by atoms with van der Waals surface area (Å²) in [7, 11) is 3.15. The Kier molecular flexibility index (Phi) is 6.21. The first kappa shape index (κ1) is 13.6. The van der Waals surface area contributed by atoms with Crippen LogP contribution in [-0.4, -0.2) is 45.8 Å². The van der Waals surface area contributed by atoms with Gasteiger partial charge in [-0.15, -0.1) is 0 Å². The average molecular weight is 242 g/mol. The summed E-state index contributed by atoms with van der Waals surface area (Å²) in [5.74, 6) is 1.79. The minimum absolute atomic E-state index is 0.0119. The van der Waals surface area contributed by atoms with Crippen molar-refractivity contribution in [1.29, 1.82) is 0 Å². The number of methoxy groups -OCH3 is 2. The maximum Gasteiger partial charge on any atom is 0.203 e. The van der Waals surface area contributed by atoms with Crippen LogP contribution in [0.2, 0.25) is 0 Å². The molecule has 1 rings (SSSR count). The van der Waals surface area contributed by atoms with E-state index >= 15 is 0 Å². The van der Waals surface area contributed by atoms with Crippen LogP contribution >= 0.6 is 0 Å². The Labute approximate surface area is 101 Å². The zero-order valence-electron chi connectivity index (χ0n) is 10.1. The van der Waals surface area contributed by atoms with E-state index in [0.29, 0.717) is 37.1 Å². The lowest BCUT2D eigenvalue weighted by Crippen LogP contribution is -2.10. The van der Waals surface area contributed by atoms with Crippen molar-refractivity contribution in [2.75, 3.05) is 40.6 Å². The van der Waals surface area contributed by atoms with Gasteiger partial charge in [-0.2, -0.15) is 0 Å². The summed E-state index contributed by atoms with van der Waals surface area (Å²) in [6.07, 6.45) is 0. The molecule has 0 atom stereocenters. The van der Waals surface area contributed by atoms with Gasteiger partial charge in [0.15, 0.2) is 11.5 Å². The van der Waals surface area contributed by atoms with Crippen LogP contribution in [0.3, 0.4) is 0 Å². The molecule has 0 aliphatic heterocycles. The van der Waals surface area contributed by atoms with E-state index in [2.05, 4.69) is 0 Å². The SMILES string of the molecule is COc1cccc(OC)c1OCCOCCO. The van der Waals surface area contributed by atoms with E-state index in [-0.39, 0.29) is 6.61 Å². The van der Waals surface area contributed by atoms with Gasteiger partial charge in [-0.05, 0) is 12.1 Å². The van der Waals surface area contributed by atoms with Gasteiger partial charge in [-0.1, -0.05) is 6.07 Å². The van der Waals surface area contributed by atoms with Gasteiger partial charge in [0.2, 0.25) is 5.75 Å². The predicted molar refractivity (Wildman–Crippen MR) is 62.9 cm³/mol. The first-order valence-corrected chi connectivity index (χ1v) is 5.36. The molecule has 0 spiro atoms. The topological polar surface area (TPSA) is 57.2 Å². The summed E-state index contributed by atoms with van der Waals surface area (Å²) in [5, 5.41) is 8.54. The fourth-order valence-corrected chi connectivity index (χ4v) is 1.33. The van der Waals surface area contributed by atoms with Gasteiger partial charge in [-0.3, -0.25) is 0 Å². The van der Waals surface area contributed by atoms with Crippen molar-refractivity contribution in [2.45, 2.75) is 0 Å². The van der Waals surface area contributed by atoms with Crippen molar-refractivity contribution in [3.05, 3.63) is 18.2 Å². The fourth-order valence-electron chi connectivity index (χ4n) is 1.33. The van der Waals surface area contributed by atoms with E-state index in [1.54, 1.807) is 26.4 Å². The molecule has 0 heterocycles. The molecule has 0 saturated carbocycles. The Morgan fingerprint density at radius 3 is 2.18 bits per heavy atom. The fraction of sp³-hybridized carbons (Fsp3) is 0.500. The van der Waals surface area contributed by atoms with E-state index in [1.807, 2.05) is 6.07 Å². The molecule has 0 fully saturated rings. The van der Waals surface area contributed by atoms with Gasteiger partial charge in [0.1, 0.15) is 6.61 Å². The number of para-hydroxylation sites is 1. The van der Waals surface area contributed by atoms with Crippen LogP contribution in [-0.2, 0) is 4.74 Å². The third-order valence-corrected chi connectivity index (χ3v) is 2.09. The highest BCUT2D eigenvalue weighted by Crippen LogP contribution is 2.36. The molecule has 5 heteroatoms. The molecule has 0 aliphatic carbocycles. The zero-order chi connectivity index (χ0) is 12.5. The van der Waals surface area contributed by atoms with Crippen molar-refractivity contribution in [3.63, 3.8) is 0 Å². The lowest BCUT2D eigenvalue weighted by molar-refractivity contribution is 0.0692. The Morgan fingerprint density at radius 1 is 1.00 bits per heavy atom. The van der Waals surface area contributed by atoms with Crippen LogP contribution in [0.25, 0.3) is 0 Å². The largest absolute Gasteiger partial charge is 0.493 e. The van der Waals surface area contributed by atoms with Gasteiger partial charge in [0.25, 0.3) is 0 Å². The van der Waals surface area contributed by atoms with Crippen molar-refractivity contribution in [2.24, 2.45) is 0 Å². The van der Waals surface area contributed by atoms with Crippen molar-refractivity contribution < 1.29 is 24.1 Å². The van der Waals surface area contributed by atoms with Gasteiger partial charge in [-0.25, -0.2) is 0 Å². The summed E-state index contributed by atoms with van der Waals surface area (Å²) in [5.41, 5.74) is 0. The molecule has 0 amide bonds. The second kappa shape index (κ2) is 7.76. The van der Waals surface area contributed by atoms with Gasteiger partial charge in [0.05, 0.1) is 34.0 Å². The molecule has 0 bridgehead atoms. The van der Waals surface area contributed by atoms with Crippen LogP contribution in [0.1, 0.15) is 0 Å². The molecular formula is C12H18O5. The highest BCUT2D eigenvalue weighted by molar-refractivity contribution is 5.51. The summed E-state index contributed by atoms with van der Waals surface area (Å²) >= 11 is 0. The number of ether oxygens (including phenoxy) is 4. The molecule has 0 aromatic heterocycles. The van der Waals surface area contributed by atoms with E-state index in [0.717, 1.165) is 0 Å². The number of aliphatic hydroxyl groups is 1. The van der Waals surface area contributed by atoms with Crippen molar-refractivity contribution in [3.8, 4) is 17.2 Å². The first-order chi connectivity index (χ1) is 8.33. The number of hydrogen-bond donors (Lipinski definition) is 1. The molecular weight excluding hydrogens is 224 g/mol. The third kappa shape index (κ3) is 4.13. The maximum absolute atomic E-state index is 8.54. The van der Waals surface area contributed by atoms with Crippen molar-refractivity contribution >= 4 is 0 Å². The van der Waals surface area contributed by atoms with Crippen LogP contribution < -0.4 is 14.2 Å². The van der Waals surface area contributed by atoms with Crippen LogP contribution in [0, 0.1) is 0 Å². The standard InChI is InChI=1S/C12H18O5/c1-14-10-4-3-5-11(15-2)12(10)17-9-8-16-7-6-13/h3-5,13H,6-9H2,1-2H3. The molecule has 1 aromatic carbocycles. The molecule has 17 heavy (non-hydrogen) atoms. The highest BCUT2D eigenvalue weighted by Gasteiger charge is 2.10. The molecule has 0 unspecified atom stereocenters. The second-order valence-electron chi connectivity index (χ2n) is 3.18. The lowest BCUT2D eigenvalue weighted by Gasteiger charge is -2.13. The lowest BCUT2D eigenvalue weighted by atomic mass is 10.3. The molecule has 1 N–H and O–H groups in total. The summed E-state index contributed by atoms with van der Waals surface area (Å²) in [6, 6.07) is 5.42. The number of benzene rings is 1. The smallest absolute Gasteiger partial charge is 0.203 e. The number of rotatable bonds is 8. The Balaban J connectivity index is 2.55. The van der Waals surface area contributed by atoms with E-state index in [1.165, 1.54) is 0 Å². The number of hydrogen-bond acceptors (Lipinski definition) is 5. The molecule has 96 valence electrons. The molecule has 0 aliphatic rings. The molecule has 0 saturated heterocycles. The Morgan fingerprint density at radius 2 is 1.65 bits per heavy atom. The Bertz CT molecular complexity index is 304. The van der Waals surface area contributed by atoms with Crippen LogP contribution in [0.5, 0.6) is 17.2 Å². The quantitative estimate of drug-likeness (QED) is 0.692. The molecule has 1 aromatic rings. The summed E-state index contributed by atoms with van der Waals surface area (Å²) in [4.78, 5) is 0. The van der Waals surface area contributed by atoms with E-state index < -0.39 is 0 Å². The third-order valence-electron chi connectivity index (χ3n) is 2.09. The summed E-state index contributed by atoms with van der Waals surface area (Å²) < 4.78 is 21.0. The van der Waals surface area contributed by atoms with Crippen molar-refractivity contribution in [1.82, 2.24) is 0 Å². The summed E-state index contributed by atoms with van der Waals surface area (Å²) in [6.45, 7) is 1.10. The zero-order valence-corrected chi connectivity index (χ0v) is 10.1. The highest BCUT2D eigenvalue weighted by atomic mass is 16.6. The second-order valence-corrected chi connectivity index (χ2v) is 3.18.